The molecular weight excluding hydrogens is 278 g/mol. The van der Waals surface area contributed by atoms with Crippen LogP contribution < -0.4 is 5.32 Å². The van der Waals surface area contributed by atoms with Gasteiger partial charge in [-0.25, -0.2) is 4.79 Å². The molecule has 0 bridgehead atoms. The molecule has 0 aliphatic carbocycles. The van der Waals surface area contributed by atoms with Gasteiger partial charge in [-0.3, -0.25) is 4.79 Å². The Balaban J connectivity index is 2.77. The van der Waals surface area contributed by atoms with Crippen LogP contribution in [0.1, 0.15) is 29.3 Å². The third kappa shape index (κ3) is 5.63. The molecule has 0 spiro atoms. The number of thioether (sulfide) groups is 1. The number of hydrogen-bond donors (Lipinski definition) is 2. The molecule has 2 N–H and O–H groups in total. The smallest absolute Gasteiger partial charge is 0.335 e. The lowest BCUT2D eigenvalue weighted by Gasteiger charge is -2.09. The molecule has 20 heavy (non-hydrogen) atoms. The first-order valence-corrected chi connectivity index (χ1v) is 7.46. The van der Waals surface area contributed by atoms with Crippen molar-refractivity contribution in [2.75, 3.05) is 23.9 Å². The fraction of sp³-hybridized carbons (Fsp3) is 0.429. The standard InChI is InChI=1S/C14H19NO4S/c1-3-4-20-9-13(16)15-12-6-10(8-19-2)5-11(7-12)14(17)18/h5-7H,3-4,8-9H2,1-2H3,(H,15,16)(H,17,18). The van der Waals surface area contributed by atoms with Gasteiger partial charge < -0.3 is 15.2 Å². The Morgan fingerprint density at radius 2 is 2.10 bits per heavy atom. The molecule has 0 heterocycles. The van der Waals surface area contributed by atoms with E-state index in [2.05, 4.69) is 12.2 Å². The Hall–Kier alpha value is -1.53. The fourth-order valence-corrected chi connectivity index (χ4v) is 2.33. The van der Waals surface area contributed by atoms with Crippen molar-refractivity contribution in [3.63, 3.8) is 0 Å². The van der Waals surface area contributed by atoms with E-state index in [1.807, 2.05) is 0 Å². The minimum atomic E-state index is -1.03. The van der Waals surface area contributed by atoms with Crippen molar-refractivity contribution in [2.45, 2.75) is 20.0 Å². The number of methoxy groups -OCH3 is 1. The molecule has 0 aliphatic rings. The Bertz CT molecular complexity index is 476. The van der Waals surface area contributed by atoms with Crippen LogP contribution in [0, 0.1) is 0 Å². The van der Waals surface area contributed by atoms with Crippen LogP contribution in [0.25, 0.3) is 0 Å². The highest BCUT2D eigenvalue weighted by Crippen LogP contribution is 2.16. The molecule has 0 fully saturated rings. The van der Waals surface area contributed by atoms with E-state index in [1.54, 1.807) is 17.8 Å². The Kier molecular flexibility index (Phi) is 7.11. The van der Waals surface area contributed by atoms with E-state index in [0.29, 0.717) is 23.6 Å². The highest BCUT2D eigenvalue weighted by atomic mass is 32.2. The summed E-state index contributed by atoms with van der Waals surface area (Å²) in [7, 11) is 1.53. The maximum absolute atomic E-state index is 11.7. The van der Waals surface area contributed by atoms with Gasteiger partial charge in [-0.2, -0.15) is 11.8 Å². The van der Waals surface area contributed by atoms with Gasteiger partial charge in [0, 0.05) is 12.8 Å². The van der Waals surface area contributed by atoms with Crippen molar-refractivity contribution in [3.8, 4) is 0 Å². The molecule has 1 aromatic rings. The second-order valence-corrected chi connectivity index (χ2v) is 5.36. The van der Waals surface area contributed by atoms with E-state index in [-0.39, 0.29) is 11.5 Å². The van der Waals surface area contributed by atoms with Gasteiger partial charge in [0.25, 0.3) is 0 Å². The first-order chi connectivity index (χ1) is 9.56. The monoisotopic (exact) mass is 297 g/mol. The molecule has 0 unspecified atom stereocenters. The summed E-state index contributed by atoms with van der Waals surface area (Å²) in [5, 5.41) is 11.8. The molecule has 110 valence electrons. The van der Waals surface area contributed by atoms with Crippen LogP contribution in [0.5, 0.6) is 0 Å². The molecule has 0 saturated carbocycles. The lowest BCUT2D eigenvalue weighted by molar-refractivity contribution is -0.113. The SMILES string of the molecule is CCCSCC(=O)Nc1cc(COC)cc(C(=O)O)c1. The predicted octanol–water partition coefficient (Wildman–Crippen LogP) is 2.61. The molecule has 5 nitrogen and oxygen atoms in total. The van der Waals surface area contributed by atoms with E-state index < -0.39 is 5.97 Å². The minimum absolute atomic E-state index is 0.130. The quantitative estimate of drug-likeness (QED) is 0.721. The van der Waals surface area contributed by atoms with Gasteiger partial charge in [-0.05, 0) is 35.9 Å². The third-order valence-electron chi connectivity index (χ3n) is 2.42. The number of ether oxygens (including phenoxy) is 1. The molecule has 0 atom stereocenters. The molecular formula is C14H19NO4S. The van der Waals surface area contributed by atoms with E-state index >= 15 is 0 Å². The van der Waals surface area contributed by atoms with Gasteiger partial charge in [0.1, 0.15) is 0 Å². The van der Waals surface area contributed by atoms with Crippen molar-refractivity contribution in [1.82, 2.24) is 0 Å². The number of hydrogen-bond acceptors (Lipinski definition) is 4. The molecule has 0 radical (unpaired) electrons. The molecule has 1 amide bonds. The van der Waals surface area contributed by atoms with Crippen LogP contribution in [0.3, 0.4) is 0 Å². The second kappa shape index (κ2) is 8.60. The zero-order valence-corrected chi connectivity index (χ0v) is 12.5. The number of carbonyl (C=O) groups is 2. The number of rotatable bonds is 8. The van der Waals surface area contributed by atoms with E-state index in [9.17, 15) is 9.59 Å². The van der Waals surface area contributed by atoms with Crippen molar-refractivity contribution in [1.29, 1.82) is 0 Å². The molecule has 0 aromatic heterocycles. The third-order valence-corrected chi connectivity index (χ3v) is 3.58. The maximum atomic E-state index is 11.7. The predicted molar refractivity (Wildman–Crippen MR) is 80.4 cm³/mol. The van der Waals surface area contributed by atoms with E-state index in [1.165, 1.54) is 19.2 Å². The molecule has 6 heteroatoms. The van der Waals surface area contributed by atoms with Crippen LogP contribution in [-0.4, -0.2) is 35.6 Å². The summed E-state index contributed by atoms with van der Waals surface area (Å²) in [6.45, 7) is 2.35. The van der Waals surface area contributed by atoms with E-state index in [0.717, 1.165) is 12.2 Å². The summed E-state index contributed by atoms with van der Waals surface area (Å²) in [4.78, 5) is 22.8. The highest BCUT2D eigenvalue weighted by Gasteiger charge is 2.09. The largest absolute Gasteiger partial charge is 0.478 e. The lowest BCUT2D eigenvalue weighted by Crippen LogP contribution is -2.15. The summed E-state index contributed by atoms with van der Waals surface area (Å²) in [6, 6.07) is 4.70. The summed E-state index contributed by atoms with van der Waals surface area (Å²) in [5.74, 6) is 0.135. The summed E-state index contributed by atoms with van der Waals surface area (Å²) < 4.78 is 4.99. The van der Waals surface area contributed by atoms with Crippen LogP contribution in [0.4, 0.5) is 5.69 Å². The van der Waals surface area contributed by atoms with Gasteiger partial charge in [0.15, 0.2) is 0 Å². The van der Waals surface area contributed by atoms with Gasteiger partial charge in [-0.1, -0.05) is 6.92 Å². The molecule has 1 aromatic carbocycles. The summed E-state index contributed by atoms with van der Waals surface area (Å²) in [5.41, 5.74) is 1.33. The number of carboxylic acids is 1. The number of carboxylic acid groups (broad SMARTS) is 1. The first kappa shape index (κ1) is 16.5. The Labute approximate surface area is 122 Å². The second-order valence-electron chi connectivity index (χ2n) is 4.26. The number of amides is 1. The van der Waals surface area contributed by atoms with Crippen LogP contribution in [-0.2, 0) is 16.1 Å². The summed E-state index contributed by atoms with van der Waals surface area (Å²) >= 11 is 1.55. The zero-order valence-electron chi connectivity index (χ0n) is 11.6. The number of nitrogens with one attached hydrogen (secondary N) is 1. The fourth-order valence-electron chi connectivity index (χ4n) is 1.64. The van der Waals surface area contributed by atoms with Crippen LogP contribution in [0.15, 0.2) is 18.2 Å². The Morgan fingerprint density at radius 3 is 2.70 bits per heavy atom. The number of benzene rings is 1. The maximum Gasteiger partial charge on any atom is 0.335 e. The van der Waals surface area contributed by atoms with Crippen LogP contribution in [0.2, 0.25) is 0 Å². The molecule has 0 aliphatic heterocycles. The lowest BCUT2D eigenvalue weighted by atomic mass is 10.1. The molecule has 0 saturated heterocycles. The van der Waals surface area contributed by atoms with Gasteiger partial charge in [0.05, 0.1) is 17.9 Å². The van der Waals surface area contributed by atoms with Crippen molar-refractivity contribution in [3.05, 3.63) is 29.3 Å². The summed E-state index contributed by atoms with van der Waals surface area (Å²) in [6.07, 6.45) is 1.02. The van der Waals surface area contributed by atoms with Crippen molar-refractivity contribution >= 4 is 29.3 Å². The average Bonchev–Trinajstić information content (AvgIpc) is 2.39. The molecule has 1 rings (SSSR count). The average molecular weight is 297 g/mol. The normalized spacial score (nSPS) is 10.3. The Morgan fingerprint density at radius 1 is 1.35 bits per heavy atom. The number of anilines is 1. The van der Waals surface area contributed by atoms with Crippen molar-refractivity contribution < 1.29 is 19.4 Å². The van der Waals surface area contributed by atoms with Gasteiger partial charge >= 0.3 is 5.97 Å². The number of aromatic carboxylic acids is 1. The van der Waals surface area contributed by atoms with Gasteiger partial charge in [0.2, 0.25) is 5.91 Å². The van der Waals surface area contributed by atoms with Crippen LogP contribution >= 0.6 is 11.8 Å². The van der Waals surface area contributed by atoms with Gasteiger partial charge in [-0.15, -0.1) is 0 Å². The first-order valence-electron chi connectivity index (χ1n) is 6.30. The zero-order chi connectivity index (χ0) is 15.0. The van der Waals surface area contributed by atoms with E-state index in [4.69, 9.17) is 9.84 Å². The highest BCUT2D eigenvalue weighted by molar-refractivity contribution is 7.99. The van der Waals surface area contributed by atoms with Crippen molar-refractivity contribution in [2.24, 2.45) is 0 Å². The topological polar surface area (TPSA) is 75.6 Å². The minimum Gasteiger partial charge on any atom is -0.478 e. The number of carbonyl (C=O) groups excluding carboxylic acids is 1.